The van der Waals surface area contributed by atoms with E-state index in [-0.39, 0.29) is 12.4 Å². The van der Waals surface area contributed by atoms with Gasteiger partial charge in [-0.25, -0.2) is 0 Å². The normalized spacial score (nSPS) is 12.3. The van der Waals surface area contributed by atoms with Crippen molar-refractivity contribution in [2.45, 2.75) is 51.4 Å². The molecule has 0 fully saturated rings. The van der Waals surface area contributed by atoms with Crippen molar-refractivity contribution < 1.29 is 21.4 Å². The molecule has 0 atom stereocenters. The van der Waals surface area contributed by atoms with Crippen LogP contribution in [-0.2, 0) is 0 Å². The van der Waals surface area contributed by atoms with Gasteiger partial charge in [0.15, 0.2) is 0 Å². The second-order valence-electron chi connectivity index (χ2n) is 7.86. The first-order chi connectivity index (χ1) is 8.21. The average molecular weight is 294 g/mol. The molecule has 0 aromatic carbocycles. The van der Waals surface area contributed by atoms with E-state index in [4.69, 9.17) is 0 Å². The Bertz CT molecular complexity index is 170. The lowest BCUT2D eigenvalue weighted by molar-refractivity contribution is -0.870. The van der Waals surface area contributed by atoms with E-state index in [9.17, 15) is 0 Å². The molecule has 0 spiro atoms. The molecule has 2 nitrogen and oxygen atoms in total. The van der Waals surface area contributed by atoms with Crippen molar-refractivity contribution in [3.05, 3.63) is 0 Å². The molecular weight excluding hydrogens is 256 g/mol. The van der Waals surface area contributed by atoms with Crippen LogP contribution in [0, 0.1) is 0 Å². The monoisotopic (exact) mass is 293 g/mol. The van der Waals surface area contributed by atoms with Crippen LogP contribution in [0.2, 0.25) is 0 Å². The molecule has 0 rings (SSSR count). The van der Waals surface area contributed by atoms with Gasteiger partial charge in [-0.2, -0.15) is 0 Å². The Balaban J connectivity index is 0. The Morgan fingerprint density at radius 3 is 0.842 bits per heavy atom. The number of hydrogen-bond donors (Lipinski definition) is 0. The van der Waals surface area contributed by atoms with Crippen LogP contribution < -0.4 is 12.4 Å². The van der Waals surface area contributed by atoms with Gasteiger partial charge in [0.25, 0.3) is 0 Å². The molecule has 19 heavy (non-hydrogen) atoms. The third kappa shape index (κ3) is 20.7. The van der Waals surface area contributed by atoms with Gasteiger partial charge in [-0.1, -0.05) is 25.7 Å². The third-order valence-corrected chi connectivity index (χ3v) is 3.41. The van der Waals surface area contributed by atoms with Crippen molar-refractivity contribution in [3.63, 3.8) is 0 Å². The topological polar surface area (TPSA) is 0 Å². The predicted octanol–water partition coefficient (Wildman–Crippen LogP) is 0.524. The van der Waals surface area contributed by atoms with Crippen LogP contribution in [0.1, 0.15) is 51.4 Å². The lowest BCUT2D eigenvalue weighted by atomic mass is 10.1. The SMILES string of the molecule is C[N+](C)(C)CCCCCCCCCC[N+](C)(C)C.[Cl-]. The zero-order chi connectivity index (χ0) is 14.1. The van der Waals surface area contributed by atoms with Gasteiger partial charge in [0.05, 0.1) is 55.4 Å². The molecule has 0 aliphatic carbocycles. The van der Waals surface area contributed by atoms with E-state index in [1.807, 2.05) is 0 Å². The summed E-state index contributed by atoms with van der Waals surface area (Å²) >= 11 is 0. The standard InChI is InChI=1S/C16H38N2.ClH/c1-17(2,3)15-13-11-9-7-8-10-12-14-16-18(4,5)6;/h7-16H2,1-6H3;1H/q+2;/p-1. The summed E-state index contributed by atoms with van der Waals surface area (Å²) in [7, 11) is 13.7. The van der Waals surface area contributed by atoms with E-state index in [0.29, 0.717) is 0 Å². The van der Waals surface area contributed by atoms with E-state index >= 15 is 0 Å². The molecule has 3 heteroatoms. The van der Waals surface area contributed by atoms with E-state index < -0.39 is 0 Å². The largest absolute Gasteiger partial charge is 1.00 e. The van der Waals surface area contributed by atoms with Crippen LogP contribution in [0.5, 0.6) is 0 Å². The number of hydrogen-bond acceptors (Lipinski definition) is 0. The zero-order valence-corrected chi connectivity index (χ0v) is 15.1. The van der Waals surface area contributed by atoms with Crippen LogP contribution in [0.4, 0.5) is 0 Å². The first-order valence-electron chi connectivity index (χ1n) is 7.82. The molecule has 118 valence electrons. The lowest BCUT2D eigenvalue weighted by Gasteiger charge is -2.23. The van der Waals surface area contributed by atoms with Gasteiger partial charge >= 0.3 is 0 Å². The van der Waals surface area contributed by atoms with Gasteiger partial charge < -0.3 is 21.4 Å². The highest BCUT2D eigenvalue weighted by Crippen LogP contribution is 2.10. The molecule has 0 aromatic rings. The van der Waals surface area contributed by atoms with Crippen molar-refractivity contribution >= 4 is 0 Å². The second-order valence-corrected chi connectivity index (χ2v) is 7.86. The van der Waals surface area contributed by atoms with Gasteiger partial charge in [0.2, 0.25) is 0 Å². The maximum Gasteiger partial charge on any atom is 0.0780 e. The summed E-state index contributed by atoms with van der Waals surface area (Å²) in [6, 6.07) is 0. The van der Waals surface area contributed by atoms with Crippen molar-refractivity contribution in [2.75, 3.05) is 55.4 Å². The Hall–Kier alpha value is 0.210. The summed E-state index contributed by atoms with van der Waals surface area (Å²) in [6.45, 7) is 2.65. The summed E-state index contributed by atoms with van der Waals surface area (Å²) in [5.74, 6) is 0. The molecule has 0 aliphatic rings. The predicted molar refractivity (Wildman–Crippen MR) is 82.7 cm³/mol. The lowest BCUT2D eigenvalue weighted by Crippen LogP contribution is -3.00. The molecule has 0 saturated carbocycles. The van der Waals surface area contributed by atoms with Crippen LogP contribution >= 0.6 is 0 Å². The van der Waals surface area contributed by atoms with Crippen molar-refractivity contribution in [3.8, 4) is 0 Å². The Morgan fingerprint density at radius 1 is 0.421 bits per heavy atom. The van der Waals surface area contributed by atoms with Crippen LogP contribution in [0.25, 0.3) is 0 Å². The highest BCUT2D eigenvalue weighted by molar-refractivity contribution is 4.47. The number of quaternary nitrogens is 2. The van der Waals surface area contributed by atoms with Gasteiger partial charge in [-0.3, -0.25) is 0 Å². The fraction of sp³-hybridized carbons (Fsp3) is 1.00. The van der Waals surface area contributed by atoms with Crippen molar-refractivity contribution in [1.29, 1.82) is 0 Å². The van der Waals surface area contributed by atoms with Gasteiger partial charge in [-0.15, -0.1) is 0 Å². The number of rotatable bonds is 11. The molecule has 0 aromatic heterocycles. The van der Waals surface area contributed by atoms with Crippen LogP contribution in [0.3, 0.4) is 0 Å². The molecule has 0 bridgehead atoms. The van der Waals surface area contributed by atoms with Crippen molar-refractivity contribution in [2.24, 2.45) is 0 Å². The third-order valence-electron chi connectivity index (χ3n) is 3.41. The van der Waals surface area contributed by atoms with E-state index in [0.717, 1.165) is 8.97 Å². The highest BCUT2D eigenvalue weighted by Gasteiger charge is 2.06. The number of nitrogens with zero attached hydrogens (tertiary/aromatic N) is 2. The maximum absolute atomic E-state index is 2.29. The first-order valence-corrected chi connectivity index (χ1v) is 7.82. The van der Waals surface area contributed by atoms with Crippen LogP contribution in [-0.4, -0.2) is 64.3 Å². The fourth-order valence-corrected chi connectivity index (χ4v) is 2.23. The van der Waals surface area contributed by atoms with E-state index in [1.54, 1.807) is 0 Å². The molecule has 0 aliphatic heterocycles. The van der Waals surface area contributed by atoms with Gasteiger partial charge in [0, 0.05) is 0 Å². The minimum Gasteiger partial charge on any atom is -1.00 e. The van der Waals surface area contributed by atoms with Gasteiger partial charge in [0.1, 0.15) is 0 Å². The average Bonchev–Trinajstić information content (AvgIpc) is 2.17. The minimum absolute atomic E-state index is 0. The first kappa shape index (κ1) is 21.5. The maximum atomic E-state index is 2.29. The minimum atomic E-state index is 0. The molecule has 0 amide bonds. The summed E-state index contributed by atoms with van der Waals surface area (Å²) in [4.78, 5) is 0. The Morgan fingerprint density at radius 2 is 0.632 bits per heavy atom. The molecule has 0 unspecified atom stereocenters. The summed E-state index contributed by atoms with van der Waals surface area (Å²) in [6.07, 6.45) is 11.4. The molecule has 0 N–H and O–H groups in total. The fourth-order valence-electron chi connectivity index (χ4n) is 2.23. The highest BCUT2D eigenvalue weighted by atomic mass is 35.5. The smallest absolute Gasteiger partial charge is 0.0780 e. The zero-order valence-electron chi connectivity index (χ0n) is 14.3. The number of halogens is 1. The quantitative estimate of drug-likeness (QED) is 0.385. The Labute approximate surface area is 128 Å². The van der Waals surface area contributed by atoms with E-state index in [1.165, 1.54) is 64.5 Å². The molecule has 0 saturated heterocycles. The summed E-state index contributed by atoms with van der Waals surface area (Å²) < 4.78 is 2.23. The summed E-state index contributed by atoms with van der Waals surface area (Å²) in [5, 5.41) is 0. The van der Waals surface area contributed by atoms with Crippen molar-refractivity contribution in [1.82, 2.24) is 0 Å². The molecule has 0 heterocycles. The second kappa shape index (κ2) is 10.9. The van der Waals surface area contributed by atoms with Gasteiger partial charge in [-0.05, 0) is 25.7 Å². The Kier molecular flexibility index (Phi) is 12.4. The number of unbranched alkanes of at least 4 members (excludes halogenated alkanes) is 7. The molecule has 0 radical (unpaired) electrons. The van der Waals surface area contributed by atoms with E-state index in [2.05, 4.69) is 42.3 Å². The van der Waals surface area contributed by atoms with Crippen LogP contribution in [0.15, 0.2) is 0 Å². The molecular formula is C16H38ClN2+. The summed E-state index contributed by atoms with van der Waals surface area (Å²) in [5.41, 5.74) is 0.